The lowest BCUT2D eigenvalue weighted by Crippen LogP contribution is -2.49. The maximum absolute atomic E-state index is 14.2. The number of anilines is 1. The SMILES string of the molecule is [B]c1ccc2c(c1)C1(CN(CC(=O)Nc3ncc(Cl)cn3)C2=O)CC1(F)F. The maximum Gasteiger partial charge on any atom is 0.260 e. The summed E-state index contributed by atoms with van der Waals surface area (Å²) in [7, 11) is 5.72. The van der Waals surface area contributed by atoms with E-state index in [1.54, 1.807) is 0 Å². The van der Waals surface area contributed by atoms with Gasteiger partial charge in [-0.05, 0) is 11.6 Å². The van der Waals surface area contributed by atoms with E-state index < -0.39 is 29.7 Å². The van der Waals surface area contributed by atoms with Crippen LogP contribution in [0, 0.1) is 0 Å². The quantitative estimate of drug-likeness (QED) is 0.804. The highest BCUT2D eigenvalue weighted by molar-refractivity contribution is 6.32. The molecule has 6 nitrogen and oxygen atoms in total. The smallest absolute Gasteiger partial charge is 0.260 e. The zero-order chi connectivity index (χ0) is 19.4. The number of aromatic nitrogens is 2. The van der Waals surface area contributed by atoms with Crippen LogP contribution in [0.3, 0.4) is 0 Å². The van der Waals surface area contributed by atoms with E-state index in [2.05, 4.69) is 15.3 Å². The van der Waals surface area contributed by atoms with E-state index in [0.29, 0.717) is 10.5 Å². The number of rotatable bonds is 3. The maximum atomic E-state index is 14.2. The van der Waals surface area contributed by atoms with Crippen molar-refractivity contribution in [2.75, 3.05) is 18.4 Å². The van der Waals surface area contributed by atoms with Crippen molar-refractivity contribution < 1.29 is 18.4 Å². The van der Waals surface area contributed by atoms with Crippen LogP contribution in [0.1, 0.15) is 22.3 Å². The molecule has 27 heavy (non-hydrogen) atoms. The molecule has 10 heteroatoms. The Hall–Kier alpha value is -2.55. The van der Waals surface area contributed by atoms with Gasteiger partial charge in [-0.3, -0.25) is 14.9 Å². The van der Waals surface area contributed by atoms with Crippen LogP contribution in [0.25, 0.3) is 0 Å². The Balaban J connectivity index is 1.57. The molecule has 2 radical (unpaired) electrons. The Morgan fingerprint density at radius 1 is 1.33 bits per heavy atom. The van der Waals surface area contributed by atoms with Crippen molar-refractivity contribution >= 4 is 42.7 Å². The average Bonchev–Trinajstić information content (AvgIpc) is 3.16. The molecule has 1 spiro atoms. The minimum absolute atomic E-state index is 0.00787. The van der Waals surface area contributed by atoms with Gasteiger partial charge in [0, 0.05) is 18.5 Å². The summed E-state index contributed by atoms with van der Waals surface area (Å²) in [6.45, 7) is -0.656. The summed E-state index contributed by atoms with van der Waals surface area (Å²) < 4.78 is 28.4. The molecule has 4 rings (SSSR count). The number of hydrogen-bond acceptors (Lipinski definition) is 4. The summed E-state index contributed by atoms with van der Waals surface area (Å²) in [5.41, 5.74) is -0.795. The van der Waals surface area contributed by atoms with E-state index in [-0.39, 0.29) is 30.0 Å². The molecule has 2 heterocycles. The van der Waals surface area contributed by atoms with E-state index in [4.69, 9.17) is 19.4 Å². The zero-order valence-corrected chi connectivity index (χ0v) is 14.6. The van der Waals surface area contributed by atoms with Gasteiger partial charge < -0.3 is 4.90 Å². The summed E-state index contributed by atoms with van der Waals surface area (Å²) in [6.07, 6.45) is 2.22. The lowest BCUT2D eigenvalue weighted by molar-refractivity contribution is -0.117. The van der Waals surface area contributed by atoms with Crippen molar-refractivity contribution in [1.29, 1.82) is 0 Å². The van der Waals surface area contributed by atoms with Crippen LogP contribution in [-0.2, 0) is 10.2 Å². The third kappa shape index (κ3) is 2.95. The molecule has 136 valence electrons. The number of halogens is 3. The largest absolute Gasteiger partial charge is 0.328 e. The molecule has 1 saturated carbocycles. The minimum Gasteiger partial charge on any atom is -0.328 e. The molecule has 1 aliphatic heterocycles. The monoisotopic (exact) mass is 388 g/mol. The summed E-state index contributed by atoms with van der Waals surface area (Å²) in [6, 6.07) is 4.33. The summed E-state index contributed by atoms with van der Waals surface area (Å²) in [4.78, 5) is 33.7. The van der Waals surface area contributed by atoms with Gasteiger partial charge in [0.2, 0.25) is 11.9 Å². The van der Waals surface area contributed by atoms with Crippen molar-refractivity contribution in [2.45, 2.75) is 17.8 Å². The van der Waals surface area contributed by atoms with Crippen LogP contribution in [0.5, 0.6) is 0 Å². The molecular weight excluding hydrogens is 376 g/mol. The number of fused-ring (bicyclic) bond motifs is 2. The number of hydrogen-bond donors (Lipinski definition) is 1. The highest BCUT2D eigenvalue weighted by atomic mass is 35.5. The van der Waals surface area contributed by atoms with Gasteiger partial charge in [0.15, 0.2) is 0 Å². The fraction of sp³-hybridized carbons (Fsp3) is 0.294. The first-order valence-electron chi connectivity index (χ1n) is 8.06. The number of amides is 2. The van der Waals surface area contributed by atoms with Crippen molar-refractivity contribution in [3.8, 4) is 0 Å². The first-order valence-corrected chi connectivity index (χ1v) is 8.44. The number of carbonyl (C=O) groups excluding carboxylic acids is 2. The van der Waals surface area contributed by atoms with Gasteiger partial charge in [-0.2, -0.15) is 0 Å². The molecule has 2 aliphatic rings. The first kappa shape index (κ1) is 17.8. The van der Waals surface area contributed by atoms with Crippen LogP contribution in [-0.4, -0.2) is 53.5 Å². The second-order valence-corrected chi connectivity index (χ2v) is 7.14. The predicted molar refractivity (Wildman–Crippen MR) is 94.6 cm³/mol. The Kier molecular flexibility index (Phi) is 3.96. The lowest BCUT2D eigenvalue weighted by atomic mass is 9.81. The lowest BCUT2D eigenvalue weighted by Gasteiger charge is -2.34. The molecule has 1 atom stereocenters. The molecule has 1 aromatic carbocycles. The van der Waals surface area contributed by atoms with Crippen LogP contribution < -0.4 is 10.8 Å². The van der Waals surface area contributed by atoms with Crippen molar-refractivity contribution in [3.05, 3.63) is 46.7 Å². The van der Waals surface area contributed by atoms with E-state index >= 15 is 0 Å². The highest BCUT2D eigenvalue weighted by Crippen LogP contribution is 2.63. The van der Waals surface area contributed by atoms with E-state index in [0.717, 1.165) is 4.90 Å². The summed E-state index contributed by atoms with van der Waals surface area (Å²) >= 11 is 5.68. The molecule has 2 aromatic rings. The van der Waals surface area contributed by atoms with Gasteiger partial charge in [0.1, 0.15) is 14.4 Å². The number of nitrogens with zero attached hydrogens (tertiary/aromatic N) is 3. The fourth-order valence-electron chi connectivity index (χ4n) is 3.44. The van der Waals surface area contributed by atoms with Gasteiger partial charge in [0.25, 0.3) is 11.8 Å². The highest BCUT2D eigenvalue weighted by Gasteiger charge is 2.74. The average molecular weight is 389 g/mol. The number of carbonyl (C=O) groups is 2. The standard InChI is InChI=1S/C17H12BClF2N4O2/c18-9-1-2-11-12(3-9)16(7-17(16,20)21)8-25(14(11)27)6-13(26)24-15-22-4-10(19)5-23-15/h1-5H,6-8H2,(H,22,23,24,26). The number of nitrogens with one attached hydrogen (secondary N) is 1. The second kappa shape index (κ2) is 5.98. The predicted octanol–water partition coefficient (Wildman–Crippen LogP) is 1.30. The minimum atomic E-state index is -2.95. The normalized spacial score (nSPS) is 22.5. The van der Waals surface area contributed by atoms with Crippen molar-refractivity contribution in [2.24, 2.45) is 0 Å². The van der Waals surface area contributed by atoms with Gasteiger partial charge in [-0.1, -0.05) is 29.2 Å². The van der Waals surface area contributed by atoms with Crippen LogP contribution in [0.15, 0.2) is 30.6 Å². The van der Waals surface area contributed by atoms with Crippen LogP contribution >= 0.6 is 11.6 Å². The van der Waals surface area contributed by atoms with E-state index in [1.165, 1.54) is 30.6 Å². The fourth-order valence-corrected chi connectivity index (χ4v) is 3.54. The van der Waals surface area contributed by atoms with Crippen molar-refractivity contribution in [1.82, 2.24) is 14.9 Å². The third-order valence-electron chi connectivity index (χ3n) is 4.84. The number of alkyl halides is 2. The molecular formula is C17H12BClF2N4O2. The molecule has 0 saturated heterocycles. The Bertz CT molecular complexity index is 956. The first-order chi connectivity index (χ1) is 12.7. The van der Waals surface area contributed by atoms with Gasteiger partial charge in [-0.15, -0.1) is 0 Å². The van der Waals surface area contributed by atoms with Crippen LogP contribution in [0.4, 0.5) is 14.7 Å². The molecule has 1 unspecified atom stereocenters. The molecule has 0 bridgehead atoms. The van der Waals surface area contributed by atoms with Gasteiger partial charge in [-0.25, -0.2) is 18.7 Å². The van der Waals surface area contributed by atoms with Crippen LogP contribution in [0.2, 0.25) is 5.02 Å². The third-order valence-corrected chi connectivity index (χ3v) is 5.04. The van der Waals surface area contributed by atoms with Gasteiger partial charge in [0.05, 0.1) is 22.8 Å². The number of benzene rings is 1. The zero-order valence-electron chi connectivity index (χ0n) is 13.9. The van der Waals surface area contributed by atoms with E-state index in [1.807, 2.05) is 0 Å². The Labute approximate surface area is 159 Å². The second-order valence-electron chi connectivity index (χ2n) is 6.70. The van der Waals surface area contributed by atoms with E-state index in [9.17, 15) is 18.4 Å². The Morgan fingerprint density at radius 3 is 2.63 bits per heavy atom. The molecule has 2 amide bonds. The molecule has 1 fully saturated rings. The van der Waals surface area contributed by atoms with Gasteiger partial charge >= 0.3 is 0 Å². The Morgan fingerprint density at radius 2 is 2.00 bits per heavy atom. The van der Waals surface area contributed by atoms with Crippen molar-refractivity contribution in [3.63, 3.8) is 0 Å². The topological polar surface area (TPSA) is 75.2 Å². The molecule has 1 N–H and O–H groups in total. The summed E-state index contributed by atoms with van der Waals surface area (Å²) in [5, 5.41) is 2.72. The molecule has 1 aliphatic carbocycles. The summed E-state index contributed by atoms with van der Waals surface area (Å²) in [5.74, 6) is -4.03. The molecule has 1 aromatic heterocycles.